The van der Waals surface area contributed by atoms with Crippen LogP contribution in [0.5, 0.6) is 5.75 Å². The van der Waals surface area contributed by atoms with Gasteiger partial charge in [-0.15, -0.1) is 0 Å². The van der Waals surface area contributed by atoms with Gasteiger partial charge < -0.3 is 9.84 Å². The summed E-state index contributed by atoms with van der Waals surface area (Å²) in [6.45, 7) is 0.577. The minimum Gasteiger partial charge on any atom is -0.497 e. The van der Waals surface area contributed by atoms with Crippen molar-refractivity contribution < 1.29 is 14.6 Å². The quantitative estimate of drug-likeness (QED) is 0.900. The molecule has 0 fully saturated rings. The number of methoxy groups -OCH3 is 1. The molecule has 0 aliphatic carbocycles. The van der Waals surface area contributed by atoms with E-state index in [9.17, 15) is 4.79 Å². The third-order valence-electron chi connectivity index (χ3n) is 2.10. The number of benzene rings is 1. The monoisotopic (exact) mass is 287 g/mol. The first-order valence-electron chi connectivity index (χ1n) is 4.75. The van der Waals surface area contributed by atoms with Gasteiger partial charge in [0, 0.05) is 11.0 Å². The van der Waals surface area contributed by atoms with E-state index in [-0.39, 0.29) is 6.54 Å². The van der Waals surface area contributed by atoms with Gasteiger partial charge >= 0.3 is 5.97 Å². The second-order valence-corrected chi connectivity index (χ2v) is 4.38. The molecule has 16 heavy (non-hydrogen) atoms. The van der Waals surface area contributed by atoms with Gasteiger partial charge in [0.15, 0.2) is 0 Å². The molecule has 0 saturated heterocycles. The summed E-state index contributed by atoms with van der Waals surface area (Å²) in [6.07, 6.45) is 0. The Morgan fingerprint density at radius 3 is 2.81 bits per heavy atom. The van der Waals surface area contributed by atoms with Gasteiger partial charge in [-0.1, -0.05) is 15.9 Å². The fraction of sp³-hybridized carbons (Fsp3) is 0.364. The molecule has 0 radical (unpaired) electrons. The molecule has 0 amide bonds. The first-order valence-corrected chi connectivity index (χ1v) is 5.55. The number of halogens is 1. The van der Waals surface area contributed by atoms with Crippen LogP contribution in [-0.4, -0.2) is 36.7 Å². The van der Waals surface area contributed by atoms with Crippen LogP contribution in [0.1, 0.15) is 5.56 Å². The largest absolute Gasteiger partial charge is 0.497 e. The highest BCUT2D eigenvalue weighted by Gasteiger charge is 2.08. The van der Waals surface area contributed by atoms with E-state index in [0.29, 0.717) is 6.54 Å². The number of hydrogen-bond donors (Lipinski definition) is 1. The van der Waals surface area contributed by atoms with E-state index in [1.807, 2.05) is 18.2 Å². The number of carboxylic acids is 1. The minimum atomic E-state index is -0.832. The topological polar surface area (TPSA) is 49.8 Å². The first kappa shape index (κ1) is 13.0. The van der Waals surface area contributed by atoms with Crippen molar-refractivity contribution in [2.45, 2.75) is 6.54 Å². The summed E-state index contributed by atoms with van der Waals surface area (Å²) in [5, 5.41) is 8.65. The van der Waals surface area contributed by atoms with E-state index in [0.717, 1.165) is 15.8 Å². The molecule has 0 spiro atoms. The van der Waals surface area contributed by atoms with Gasteiger partial charge in [0.25, 0.3) is 0 Å². The fourth-order valence-electron chi connectivity index (χ4n) is 1.38. The molecule has 88 valence electrons. The van der Waals surface area contributed by atoms with Crippen molar-refractivity contribution in [3.8, 4) is 5.75 Å². The highest BCUT2D eigenvalue weighted by atomic mass is 79.9. The molecule has 0 atom stereocenters. The van der Waals surface area contributed by atoms with Crippen LogP contribution >= 0.6 is 15.9 Å². The van der Waals surface area contributed by atoms with Gasteiger partial charge in [0.05, 0.1) is 13.7 Å². The molecule has 1 rings (SSSR count). The lowest BCUT2D eigenvalue weighted by atomic mass is 10.2. The molecule has 1 aromatic rings. The Balaban J connectivity index is 2.75. The highest BCUT2D eigenvalue weighted by molar-refractivity contribution is 9.10. The zero-order valence-electron chi connectivity index (χ0n) is 9.24. The molecule has 1 N–H and O–H groups in total. The van der Waals surface area contributed by atoms with Crippen LogP contribution in [0.15, 0.2) is 22.7 Å². The molecule has 0 aromatic heterocycles. The molecular weight excluding hydrogens is 274 g/mol. The standard InChI is InChI=1S/C11H14BrNO3/c1-13(7-11(14)15)6-8-5-9(16-2)3-4-10(8)12/h3-5H,6-7H2,1-2H3,(H,14,15). The van der Waals surface area contributed by atoms with Crippen LogP contribution in [-0.2, 0) is 11.3 Å². The van der Waals surface area contributed by atoms with E-state index >= 15 is 0 Å². The van der Waals surface area contributed by atoms with Gasteiger partial charge in [-0.3, -0.25) is 9.69 Å². The number of likely N-dealkylation sites (N-methyl/N-ethyl adjacent to an activating group) is 1. The number of carboxylic acid groups (broad SMARTS) is 1. The third kappa shape index (κ3) is 3.83. The summed E-state index contributed by atoms with van der Waals surface area (Å²) in [5.41, 5.74) is 1.00. The number of hydrogen-bond acceptors (Lipinski definition) is 3. The molecular formula is C11H14BrNO3. The number of ether oxygens (including phenoxy) is 1. The predicted octanol–water partition coefficient (Wildman–Crippen LogP) is 1.97. The zero-order valence-corrected chi connectivity index (χ0v) is 10.8. The molecule has 0 saturated carbocycles. The van der Waals surface area contributed by atoms with Crippen LogP contribution < -0.4 is 4.74 Å². The molecule has 4 nitrogen and oxygen atoms in total. The molecule has 0 unspecified atom stereocenters. The number of carbonyl (C=O) groups is 1. The smallest absolute Gasteiger partial charge is 0.317 e. The summed E-state index contributed by atoms with van der Waals surface area (Å²) in [6, 6.07) is 5.63. The van der Waals surface area contributed by atoms with E-state index in [4.69, 9.17) is 9.84 Å². The van der Waals surface area contributed by atoms with Crippen molar-refractivity contribution in [1.29, 1.82) is 0 Å². The lowest BCUT2D eigenvalue weighted by molar-refractivity contribution is -0.138. The van der Waals surface area contributed by atoms with Crippen molar-refractivity contribution in [2.24, 2.45) is 0 Å². The van der Waals surface area contributed by atoms with Gasteiger partial charge in [-0.2, -0.15) is 0 Å². The predicted molar refractivity (Wildman–Crippen MR) is 64.7 cm³/mol. The van der Waals surface area contributed by atoms with E-state index in [1.165, 1.54) is 0 Å². The summed E-state index contributed by atoms with van der Waals surface area (Å²) in [5.74, 6) is -0.0663. The first-order chi connectivity index (χ1) is 7.52. The van der Waals surface area contributed by atoms with E-state index < -0.39 is 5.97 Å². The Hall–Kier alpha value is -1.07. The Morgan fingerprint density at radius 2 is 2.25 bits per heavy atom. The Kier molecular flexibility index (Phi) is 4.76. The lowest BCUT2D eigenvalue weighted by Crippen LogP contribution is -2.25. The molecule has 1 aromatic carbocycles. The zero-order chi connectivity index (χ0) is 12.1. The highest BCUT2D eigenvalue weighted by Crippen LogP contribution is 2.23. The van der Waals surface area contributed by atoms with Gasteiger partial charge in [-0.05, 0) is 30.8 Å². The summed E-state index contributed by atoms with van der Waals surface area (Å²) in [4.78, 5) is 12.3. The maximum Gasteiger partial charge on any atom is 0.317 e. The van der Waals surface area contributed by atoms with E-state index in [2.05, 4.69) is 15.9 Å². The second-order valence-electron chi connectivity index (χ2n) is 3.52. The van der Waals surface area contributed by atoms with Gasteiger partial charge in [0.2, 0.25) is 0 Å². The average Bonchev–Trinajstić information content (AvgIpc) is 2.20. The van der Waals surface area contributed by atoms with Crippen LogP contribution in [0, 0.1) is 0 Å². The fourth-order valence-corrected chi connectivity index (χ4v) is 1.75. The Bertz CT molecular complexity index is 381. The lowest BCUT2D eigenvalue weighted by Gasteiger charge is -2.15. The van der Waals surface area contributed by atoms with Crippen molar-refractivity contribution >= 4 is 21.9 Å². The third-order valence-corrected chi connectivity index (χ3v) is 2.87. The average molecular weight is 288 g/mol. The minimum absolute atomic E-state index is 0.0175. The molecule has 0 heterocycles. The number of nitrogens with zero attached hydrogens (tertiary/aromatic N) is 1. The summed E-state index contributed by atoms with van der Waals surface area (Å²) in [7, 11) is 3.37. The number of rotatable bonds is 5. The summed E-state index contributed by atoms with van der Waals surface area (Å²) >= 11 is 3.42. The summed E-state index contributed by atoms with van der Waals surface area (Å²) < 4.78 is 6.07. The second kappa shape index (κ2) is 5.86. The van der Waals surface area contributed by atoms with Crippen LogP contribution in [0.3, 0.4) is 0 Å². The number of aliphatic carboxylic acids is 1. The van der Waals surface area contributed by atoms with Crippen molar-refractivity contribution in [3.05, 3.63) is 28.2 Å². The Morgan fingerprint density at radius 1 is 1.56 bits per heavy atom. The maximum absolute atomic E-state index is 10.5. The van der Waals surface area contributed by atoms with Crippen molar-refractivity contribution in [3.63, 3.8) is 0 Å². The molecule has 0 aliphatic heterocycles. The van der Waals surface area contributed by atoms with Gasteiger partial charge in [-0.25, -0.2) is 0 Å². The molecule has 0 aliphatic rings. The molecule has 0 bridgehead atoms. The normalized spacial score (nSPS) is 10.5. The Labute approximate surface area is 103 Å². The van der Waals surface area contributed by atoms with Crippen molar-refractivity contribution in [1.82, 2.24) is 4.90 Å². The van der Waals surface area contributed by atoms with E-state index in [1.54, 1.807) is 19.1 Å². The van der Waals surface area contributed by atoms with Gasteiger partial charge in [0.1, 0.15) is 5.75 Å². The SMILES string of the molecule is COc1ccc(Br)c(CN(C)CC(=O)O)c1. The van der Waals surface area contributed by atoms with Crippen LogP contribution in [0.4, 0.5) is 0 Å². The van der Waals surface area contributed by atoms with Crippen LogP contribution in [0.25, 0.3) is 0 Å². The molecule has 5 heteroatoms. The van der Waals surface area contributed by atoms with Crippen LogP contribution in [0.2, 0.25) is 0 Å². The van der Waals surface area contributed by atoms with Crippen molar-refractivity contribution in [2.75, 3.05) is 20.7 Å². The maximum atomic E-state index is 10.5.